The maximum absolute atomic E-state index is 16.3. The Morgan fingerprint density at radius 2 is 0.669 bits per heavy atom. The number of anilines is 6. The molecule has 24 heteroatoms. The second-order valence-electron chi connectivity index (χ2n) is 39.7. The third-order valence-corrected chi connectivity index (χ3v) is 31.1. The van der Waals surface area contributed by atoms with E-state index in [-0.39, 0.29) is 39.3 Å². The number of carbonyl (C=O) groups is 5. The van der Waals surface area contributed by atoms with Gasteiger partial charge >= 0.3 is 0 Å². The van der Waals surface area contributed by atoms with Crippen molar-refractivity contribution in [3.63, 3.8) is 0 Å². The largest absolute Gasteiger partial charge is 0.369 e. The molecule has 21 nitrogen and oxygen atoms in total. The van der Waals surface area contributed by atoms with Crippen LogP contribution in [0.1, 0.15) is 80.7 Å². The highest BCUT2D eigenvalue weighted by Crippen LogP contribution is 2.45. The number of amides is 5. The Kier molecular flexibility index (Phi) is 25.7. The number of aromatic nitrogens is 9. The lowest BCUT2D eigenvalue weighted by molar-refractivity contribution is 0.0976. The molecule has 1 N–H and O–H groups in total. The van der Waals surface area contributed by atoms with Crippen molar-refractivity contribution in [2.75, 3.05) is 74.5 Å². The SMILES string of the molecule is Cc1ccc2cccc(-c3ccc(N(CS(C)(C)C)C(=O)c4cc(C(=O)N(c5ccc(-c6cccc7ccc(C)nc67)nc5)[Si](C)(C)C)cc(C(=O)N(c5ccc(-c6ccc(-c7cccc(-c8ncc(N(C)C(O)c9cc(C(=O)N(C)c%10cnc(-c%11ccccc%11)c%11ccccc%10%11)cc(C(=O)N(C)c%10cnc(-c%11ccccc%11)c%11ccccc%10%11)c9)c9ccccc89)c7)c7ccc(C)nc67)nc5)[Si](C)(C)C)c4)cn3)c2n1. The molecule has 716 valence electrons. The second-order valence-corrected chi connectivity index (χ2v) is 53.7. The van der Waals surface area contributed by atoms with Gasteiger partial charge in [0.15, 0.2) is 22.7 Å². The Morgan fingerprint density at radius 3 is 1.10 bits per heavy atom. The van der Waals surface area contributed by atoms with Crippen molar-refractivity contribution in [1.29, 1.82) is 0 Å². The number of benzene rings is 11. The molecule has 145 heavy (non-hydrogen) atoms. The molecule has 9 aromatic heterocycles. The van der Waals surface area contributed by atoms with Crippen molar-refractivity contribution in [1.82, 2.24) is 44.9 Å². The maximum atomic E-state index is 16.3. The molecule has 0 radical (unpaired) electrons. The number of hydrogen-bond donors (Lipinski definition) is 1. The minimum atomic E-state index is -2.82. The van der Waals surface area contributed by atoms with Crippen LogP contribution in [0.2, 0.25) is 39.3 Å². The first kappa shape index (κ1) is 95.8. The van der Waals surface area contributed by atoms with Gasteiger partial charge in [-0.15, -0.1) is 0 Å². The van der Waals surface area contributed by atoms with Gasteiger partial charge in [0.2, 0.25) is 11.8 Å². The molecular weight excluding hydrogens is 1850 g/mol. The molecule has 1 unspecified atom stereocenters. The van der Waals surface area contributed by atoms with Crippen molar-refractivity contribution in [3.8, 4) is 78.7 Å². The first-order valence-electron chi connectivity index (χ1n) is 48.1. The van der Waals surface area contributed by atoms with Crippen LogP contribution < -0.4 is 28.7 Å². The van der Waals surface area contributed by atoms with Crippen LogP contribution in [-0.2, 0) is 0 Å². The van der Waals surface area contributed by atoms with Gasteiger partial charge in [-0.25, -0.2) is 10.0 Å². The monoisotopic (exact) mass is 1950 g/mol. The third kappa shape index (κ3) is 19.0. The van der Waals surface area contributed by atoms with Crippen LogP contribution in [0, 0.1) is 20.8 Å². The molecule has 0 aliphatic heterocycles. The molecule has 0 fully saturated rings. The lowest BCUT2D eigenvalue weighted by atomic mass is 9.94. The first-order chi connectivity index (χ1) is 69.7. The van der Waals surface area contributed by atoms with Crippen LogP contribution in [0.4, 0.5) is 34.1 Å². The Bertz CT molecular complexity index is 8400. The van der Waals surface area contributed by atoms with Crippen LogP contribution in [-0.4, -0.2) is 142 Å². The van der Waals surface area contributed by atoms with E-state index in [2.05, 4.69) is 94.4 Å². The molecule has 11 aromatic carbocycles. The van der Waals surface area contributed by atoms with Crippen molar-refractivity contribution in [3.05, 3.63) is 403 Å². The fourth-order valence-corrected chi connectivity index (χ4v) is 23.8. The Labute approximate surface area is 845 Å². The smallest absolute Gasteiger partial charge is 0.259 e. The highest BCUT2D eigenvalue weighted by atomic mass is 32.3. The highest BCUT2D eigenvalue weighted by molar-refractivity contribution is 8.32. The van der Waals surface area contributed by atoms with E-state index in [0.717, 1.165) is 132 Å². The van der Waals surface area contributed by atoms with E-state index in [1.807, 2.05) is 273 Å². The summed E-state index contributed by atoms with van der Waals surface area (Å²) in [5, 5.41) is 20.8. The zero-order valence-corrected chi connectivity index (χ0v) is 86.2. The van der Waals surface area contributed by atoms with Gasteiger partial charge in [0.05, 0.1) is 128 Å². The maximum Gasteiger partial charge on any atom is 0.259 e. The number of rotatable bonds is 24. The molecule has 0 spiro atoms. The van der Waals surface area contributed by atoms with E-state index in [0.29, 0.717) is 68.3 Å². The van der Waals surface area contributed by atoms with Crippen LogP contribution in [0.5, 0.6) is 0 Å². The van der Waals surface area contributed by atoms with Gasteiger partial charge in [0.25, 0.3) is 17.7 Å². The summed E-state index contributed by atoms with van der Waals surface area (Å²) < 4.78 is 3.62. The van der Waals surface area contributed by atoms with Gasteiger partial charge < -0.3 is 28.9 Å². The number of carbonyl (C=O) groups excluding carboxylic acids is 5. The summed E-state index contributed by atoms with van der Waals surface area (Å²) in [6.45, 7) is 18.4. The Morgan fingerprint density at radius 1 is 0.310 bits per heavy atom. The average molecular weight is 1960 g/mol. The van der Waals surface area contributed by atoms with Gasteiger partial charge in [-0.1, -0.05) is 252 Å². The number of para-hydroxylation sites is 2. The summed E-state index contributed by atoms with van der Waals surface area (Å²) in [6.07, 6.45) is 15.3. The highest BCUT2D eigenvalue weighted by Gasteiger charge is 2.38. The number of fused-ring (bicyclic) bond motifs is 6. The van der Waals surface area contributed by atoms with E-state index in [1.54, 1.807) is 114 Å². The molecule has 20 aromatic rings. The van der Waals surface area contributed by atoms with E-state index in [1.165, 1.54) is 0 Å². The zero-order chi connectivity index (χ0) is 101. The summed E-state index contributed by atoms with van der Waals surface area (Å²) in [4.78, 5) is 132. The number of pyridine rings is 9. The summed E-state index contributed by atoms with van der Waals surface area (Å²) in [5.74, 6) is -1.75. The van der Waals surface area contributed by atoms with Gasteiger partial charge in [-0.2, -0.15) is 0 Å². The molecule has 0 saturated carbocycles. The van der Waals surface area contributed by atoms with Crippen molar-refractivity contribution >= 4 is 155 Å². The molecule has 0 saturated heterocycles. The van der Waals surface area contributed by atoms with Gasteiger partial charge in [0, 0.05) is 153 Å². The molecule has 1 atom stereocenters. The fourth-order valence-electron chi connectivity index (χ4n) is 19.5. The normalized spacial score (nSPS) is 12.1. The van der Waals surface area contributed by atoms with Gasteiger partial charge in [0.1, 0.15) is 0 Å². The van der Waals surface area contributed by atoms with Crippen LogP contribution in [0.15, 0.2) is 353 Å². The van der Waals surface area contributed by atoms with Gasteiger partial charge in [-0.05, 0) is 154 Å². The topological polar surface area (TPSA) is 241 Å². The number of aryl methyl sites for hydroxylation is 3. The standard InChI is InChI=1S/C121H107N15O6SSi2/c1-75-47-50-80-35-29-45-101(113(80)128-75)104-58-52-90(68-122-104)134(74-143(7,8)9)119(140)87-65-88(120(141)135(144(10,11)12)91-53-59-105(123-69-91)102-46-30-36-81-51-48-76(2)129-114(81)102)67-89(66-87)121(142)136(145(13,14)15)92-54-60-106(124-70-92)103-57-56-93(100-55-49-77(3)130-115(100)103)82-37-28-38-83(61-82)112-99-44-27-24-41-96(99)109(73-127-112)133(6)118(139)86-63-84(116(137)131(4)107-71-125-110(78-31-18-16-19-32-78)97-42-25-22-39-94(97)107)62-85(64-86)117(138)132(5)108-72-126-111(79-33-20-17-21-34-79)98-43-26-23-40-95(98)108/h16-73,118,139H,74H2,1-15H3. The molecule has 0 aliphatic carbocycles. The average Bonchev–Trinajstić information content (AvgIpc) is 0.754. The predicted molar refractivity (Wildman–Crippen MR) is 599 cm³/mol. The van der Waals surface area contributed by atoms with Crippen LogP contribution >= 0.6 is 10.0 Å². The summed E-state index contributed by atoms with van der Waals surface area (Å²) in [5.41, 5.74) is 20.4. The minimum Gasteiger partial charge on any atom is -0.369 e. The van der Waals surface area contributed by atoms with Gasteiger partial charge in [-0.3, -0.25) is 73.7 Å². The summed E-state index contributed by atoms with van der Waals surface area (Å²) in [7, 11) is -1.86. The van der Waals surface area contributed by atoms with E-state index >= 15 is 24.0 Å². The van der Waals surface area contributed by atoms with E-state index < -0.39 is 56.4 Å². The molecular formula is C121H107N15O6SSi2. The lowest BCUT2D eigenvalue weighted by Gasteiger charge is -2.36. The first-order valence-corrected chi connectivity index (χ1v) is 58.0. The Balaban J connectivity index is 0.616. The van der Waals surface area contributed by atoms with Crippen molar-refractivity contribution < 1.29 is 29.1 Å². The molecule has 0 aliphatic rings. The van der Waals surface area contributed by atoms with Crippen molar-refractivity contribution in [2.45, 2.75) is 66.3 Å². The minimum absolute atomic E-state index is 0.144. The number of aliphatic hydroxyl groups excluding tert-OH is 1. The molecule has 9 heterocycles. The predicted octanol–water partition coefficient (Wildman–Crippen LogP) is 26.7. The molecule has 20 rings (SSSR count). The number of nitrogens with zero attached hydrogens (tertiary/aromatic N) is 15. The third-order valence-electron chi connectivity index (χ3n) is 26.5. The summed E-state index contributed by atoms with van der Waals surface area (Å²) >= 11 is 0. The Hall–Kier alpha value is -16.8. The molecule has 5 amide bonds. The second kappa shape index (κ2) is 38.9. The fraction of sp³-hybridized carbons (Fsp3) is 0.140. The lowest BCUT2D eigenvalue weighted by Crippen LogP contribution is -2.51. The van der Waals surface area contributed by atoms with E-state index in [9.17, 15) is 5.11 Å². The van der Waals surface area contributed by atoms with E-state index in [4.69, 9.17) is 44.9 Å². The van der Waals surface area contributed by atoms with Crippen molar-refractivity contribution in [2.24, 2.45) is 0 Å². The quantitative estimate of drug-likeness (QED) is 0.0437. The number of hydrogen-bond acceptors (Lipinski definition) is 16. The zero-order valence-electron chi connectivity index (χ0n) is 83.4. The van der Waals surface area contributed by atoms with Crippen LogP contribution in [0.25, 0.3) is 144 Å². The molecule has 0 bridgehead atoms. The summed E-state index contributed by atoms with van der Waals surface area (Å²) in [6, 6.07) is 101. The number of aliphatic hydroxyl groups is 1. The van der Waals surface area contributed by atoms with Crippen LogP contribution in [0.3, 0.4) is 0 Å².